The summed E-state index contributed by atoms with van der Waals surface area (Å²) in [6, 6.07) is 14.8. The second-order valence-corrected chi connectivity index (χ2v) is 7.09. The molecule has 0 aliphatic heterocycles. The molecule has 0 saturated heterocycles. The largest absolute Gasteiger partial charge is 0.495 e. The quantitative estimate of drug-likeness (QED) is 0.456. The van der Waals surface area contributed by atoms with Gasteiger partial charge in [0.1, 0.15) is 29.0 Å². The molecule has 3 aromatic carbocycles. The highest BCUT2D eigenvalue weighted by atomic mass is 16.5. The fourth-order valence-electron chi connectivity index (χ4n) is 3.62. The topological polar surface area (TPSA) is 77.8 Å². The highest BCUT2D eigenvalue weighted by Crippen LogP contribution is 2.36. The fraction of sp³-hybridized carbons (Fsp3) is 0.167. The monoisotopic (exact) mass is 403 g/mol. The first-order valence-electron chi connectivity index (χ1n) is 9.48. The van der Waals surface area contributed by atoms with E-state index >= 15 is 0 Å². The van der Waals surface area contributed by atoms with E-state index in [0.29, 0.717) is 28.3 Å². The van der Waals surface area contributed by atoms with Crippen LogP contribution < -0.4 is 14.8 Å². The SMILES string of the molecule is COc1cc2c(cc1NC(=O)COc1c(C)cc(C=O)cc1C)oc1ccccc12. The Kier molecular flexibility index (Phi) is 5.14. The van der Waals surface area contributed by atoms with Crippen molar-refractivity contribution in [2.45, 2.75) is 13.8 Å². The number of hydrogen-bond donors (Lipinski definition) is 1. The Morgan fingerprint density at radius 3 is 2.47 bits per heavy atom. The number of ether oxygens (including phenoxy) is 2. The van der Waals surface area contributed by atoms with Crippen LogP contribution in [0.1, 0.15) is 21.5 Å². The van der Waals surface area contributed by atoms with E-state index in [0.717, 1.165) is 33.8 Å². The zero-order chi connectivity index (χ0) is 21.3. The lowest BCUT2D eigenvalue weighted by atomic mass is 10.1. The Hall–Kier alpha value is -3.80. The summed E-state index contributed by atoms with van der Waals surface area (Å²) in [6.45, 7) is 3.50. The normalized spacial score (nSPS) is 10.9. The molecule has 4 rings (SSSR count). The van der Waals surface area contributed by atoms with Crippen LogP contribution in [0, 0.1) is 13.8 Å². The average Bonchev–Trinajstić information content (AvgIpc) is 3.09. The van der Waals surface area contributed by atoms with Gasteiger partial charge in [0, 0.05) is 22.4 Å². The molecule has 0 aliphatic carbocycles. The van der Waals surface area contributed by atoms with E-state index in [9.17, 15) is 9.59 Å². The van der Waals surface area contributed by atoms with Gasteiger partial charge in [-0.05, 0) is 49.2 Å². The summed E-state index contributed by atoms with van der Waals surface area (Å²) in [4.78, 5) is 23.5. The fourth-order valence-corrected chi connectivity index (χ4v) is 3.62. The number of rotatable bonds is 6. The van der Waals surface area contributed by atoms with Crippen LogP contribution in [0.2, 0.25) is 0 Å². The van der Waals surface area contributed by atoms with E-state index in [1.807, 2.05) is 44.2 Å². The van der Waals surface area contributed by atoms with Crippen molar-refractivity contribution in [3.05, 3.63) is 65.2 Å². The van der Waals surface area contributed by atoms with Crippen molar-refractivity contribution in [3.63, 3.8) is 0 Å². The standard InChI is InChI=1S/C24H21NO5/c1-14-8-16(12-26)9-15(2)24(14)29-13-23(27)25-19-11-21-18(10-22(19)28-3)17-6-4-5-7-20(17)30-21/h4-12H,13H2,1-3H3,(H,25,27). The molecule has 4 aromatic rings. The van der Waals surface area contributed by atoms with Gasteiger partial charge in [-0.1, -0.05) is 18.2 Å². The first-order valence-corrected chi connectivity index (χ1v) is 9.48. The highest BCUT2D eigenvalue weighted by molar-refractivity contribution is 6.07. The number of carbonyl (C=O) groups is 2. The number of amides is 1. The molecule has 1 amide bonds. The number of fused-ring (bicyclic) bond motifs is 3. The van der Waals surface area contributed by atoms with Crippen LogP contribution in [0.5, 0.6) is 11.5 Å². The molecule has 1 aromatic heterocycles. The highest BCUT2D eigenvalue weighted by Gasteiger charge is 2.15. The predicted octanol–water partition coefficient (Wildman–Crippen LogP) is 5.04. The van der Waals surface area contributed by atoms with E-state index in [4.69, 9.17) is 13.9 Å². The molecule has 0 bridgehead atoms. The van der Waals surface area contributed by atoms with E-state index in [1.54, 1.807) is 25.3 Å². The Labute approximate surface area is 173 Å². The molecule has 6 heteroatoms. The Bertz CT molecular complexity index is 1250. The molecule has 1 N–H and O–H groups in total. The summed E-state index contributed by atoms with van der Waals surface area (Å²) in [5.74, 6) is 0.794. The van der Waals surface area contributed by atoms with Gasteiger partial charge in [0.25, 0.3) is 5.91 Å². The predicted molar refractivity (Wildman–Crippen MR) is 116 cm³/mol. The Balaban J connectivity index is 1.56. The number of methoxy groups -OCH3 is 1. The van der Waals surface area contributed by atoms with Gasteiger partial charge in [-0.15, -0.1) is 0 Å². The molecule has 0 unspecified atom stereocenters. The van der Waals surface area contributed by atoms with Gasteiger partial charge in [0.05, 0.1) is 12.8 Å². The van der Waals surface area contributed by atoms with Crippen LogP contribution in [-0.4, -0.2) is 25.9 Å². The average molecular weight is 403 g/mol. The number of anilines is 1. The molecular formula is C24H21NO5. The van der Waals surface area contributed by atoms with Crippen LogP contribution in [0.15, 0.2) is 52.9 Å². The minimum atomic E-state index is -0.331. The van der Waals surface area contributed by atoms with Gasteiger partial charge in [-0.2, -0.15) is 0 Å². The van der Waals surface area contributed by atoms with Crippen molar-refractivity contribution in [1.82, 2.24) is 0 Å². The minimum absolute atomic E-state index is 0.177. The third-order valence-electron chi connectivity index (χ3n) is 4.94. The van der Waals surface area contributed by atoms with Crippen molar-refractivity contribution >= 4 is 39.8 Å². The lowest BCUT2D eigenvalue weighted by molar-refractivity contribution is -0.118. The van der Waals surface area contributed by atoms with Gasteiger partial charge in [-0.3, -0.25) is 9.59 Å². The van der Waals surface area contributed by atoms with Crippen LogP contribution in [0.3, 0.4) is 0 Å². The molecule has 0 radical (unpaired) electrons. The summed E-state index contributed by atoms with van der Waals surface area (Å²) in [5, 5.41) is 4.72. The second-order valence-electron chi connectivity index (χ2n) is 7.09. The van der Waals surface area contributed by atoms with Crippen LogP contribution in [0.4, 0.5) is 5.69 Å². The van der Waals surface area contributed by atoms with Crippen molar-refractivity contribution < 1.29 is 23.5 Å². The zero-order valence-electron chi connectivity index (χ0n) is 16.9. The van der Waals surface area contributed by atoms with E-state index in [2.05, 4.69) is 5.32 Å². The number of aldehydes is 1. The maximum absolute atomic E-state index is 12.5. The Morgan fingerprint density at radius 1 is 1.03 bits per heavy atom. The van der Waals surface area contributed by atoms with Crippen molar-refractivity contribution in [3.8, 4) is 11.5 Å². The molecular weight excluding hydrogens is 382 g/mol. The molecule has 0 atom stereocenters. The second kappa shape index (κ2) is 7.91. The minimum Gasteiger partial charge on any atom is -0.495 e. The summed E-state index contributed by atoms with van der Waals surface area (Å²) >= 11 is 0. The van der Waals surface area contributed by atoms with Gasteiger partial charge in [0.15, 0.2) is 6.61 Å². The molecule has 6 nitrogen and oxygen atoms in total. The first kappa shape index (κ1) is 19.5. The third-order valence-corrected chi connectivity index (χ3v) is 4.94. The summed E-state index contributed by atoms with van der Waals surface area (Å²) < 4.78 is 17.1. The smallest absolute Gasteiger partial charge is 0.262 e. The Morgan fingerprint density at radius 2 is 1.77 bits per heavy atom. The van der Waals surface area contributed by atoms with Gasteiger partial charge in [0.2, 0.25) is 0 Å². The van der Waals surface area contributed by atoms with Gasteiger partial charge >= 0.3 is 0 Å². The van der Waals surface area contributed by atoms with E-state index in [-0.39, 0.29) is 12.5 Å². The van der Waals surface area contributed by atoms with Crippen molar-refractivity contribution in [1.29, 1.82) is 0 Å². The number of para-hydroxylation sites is 1. The number of nitrogens with one attached hydrogen (secondary N) is 1. The van der Waals surface area contributed by atoms with Crippen LogP contribution in [-0.2, 0) is 4.79 Å². The summed E-state index contributed by atoms with van der Waals surface area (Å²) in [6.07, 6.45) is 0.789. The van der Waals surface area contributed by atoms with Gasteiger partial charge in [-0.25, -0.2) is 0 Å². The lowest BCUT2D eigenvalue weighted by Gasteiger charge is -2.14. The van der Waals surface area contributed by atoms with Crippen LogP contribution in [0.25, 0.3) is 21.9 Å². The summed E-state index contributed by atoms with van der Waals surface area (Å²) in [5.41, 5.74) is 4.10. The molecule has 30 heavy (non-hydrogen) atoms. The summed E-state index contributed by atoms with van der Waals surface area (Å²) in [7, 11) is 1.55. The number of furan rings is 1. The van der Waals surface area contributed by atoms with Crippen LogP contribution >= 0.6 is 0 Å². The molecule has 152 valence electrons. The molecule has 0 fully saturated rings. The molecule has 1 heterocycles. The number of benzene rings is 3. The molecule has 0 spiro atoms. The number of hydrogen-bond acceptors (Lipinski definition) is 5. The maximum atomic E-state index is 12.5. The van der Waals surface area contributed by atoms with Gasteiger partial charge < -0.3 is 19.2 Å². The van der Waals surface area contributed by atoms with Crippen molar-refractivity contribution in [2.24, 2.45) is 0 Å². The first-order chi connectivity index (χ1) is 14.5. The van der Waals surface area contributed by atoms with E-state index in [1.165, 1.54) is 0 Å². The molecule has 0 saturated carbocycles. The third kappa shape index (κ3) is 3.59. The number of carbonyl (C=O) groups excluding carboxylic acids is 2. The maximum Gasteiger partial charge on any atom is 0.262 e. The number of aryl methyl sites for hydroxylation is 2. The zero-order valence-corrected chi connectivity index (χ0v) is 16.9. The molecule has 0 aliphatic rings. The lowest BCUT2D eigenvalue weighted by Crippen LogP contribution is -2.21. The van der Waals surface area contributed by atoms with E-state index < -0.39 is 0 Å². The van der Waals surface area contributed by atoms with Crippen molar-refractivity contribution in [2.75, 3.05) is 19.0 Å².